The first-order valence-corrected chi connectivity index (χ1v) is 7.33. The number of rotatable bonds is 5. The molecule has 0 unspecified atom stereocenters. The van der Waals surface area contributed by atoms with Crippen molar-refractivity contribution < 1.29 is 19.2 Å². The van der Waals surface area contributed by atoms with Gasteiger partial charge in [0.1, 0.15) is 11.4 Å². The molecule has 1 heterocycles. The van der Waals surface area contributed by atoms with Gasteiger partial charge in [-0.1, -0.05) is 30.3 Å². The minimum Gasteiger partial charge on any atom is -0.451 e. The van der Waals surface area contributed by atoms with E-state index < -0.39 is 23.4 Å². The molecule has 0 aliphatic heterocycles. The number of aromatic nitrogens is 1. The van der Waals surface area contributed by atoms with E-state index in [2.05, 4.69) is 10.3 Å². The van der Waals surface area contributed by atoms with E-state index in [1.54, 1.807) is 12.1 Å². The lowest BCUT2D eigenvalue weighted by molar-refractivity contribution is -0.383. The van der Waals surface area contributed by atoms with E-state index >= 15 is 0 Å². The summed E-state index contributed by atoms with van der Waals surface area (Å²) in [5.74, 6) is -1.35. The number of anilines is 1. The highest BCUT2D eigenvalue weighted by atomic mass is 16.6. The molecule has 1 aromatic heterocycles. The fourth-order valence-electron chi connectivity index (χ4n) is 2.32. The molecule has 0 fully saturated rings. The Morgan fingerprint density at radius 1 is 1.12 bits per heavy atom. The van der Waals surface area contributed by atoms with E-state index in [1.165, 1.54) is 18.2 Å². The van der Waals surface area contributed by atoms with Gasteiger partial charge < -0.3 is 15.0 Å². The summed E-state index contributed by atoms with van der Waals surface area (Å²) in [5, 5.41) is 14.1. The van der Waals surface area contributed by atoms with Crippen molar-refractivity contribution in [2.24, 2.45) is 0 Å². The molecule has 2 N–H and O–H groups in total. The van der Waals surface area contributed by atoms with Crippen LogP contribution < -0.4 is 5.32 Å². The molecule has 0 atom stereocenters. The number of nitrogens with zero attached hydrogens (tertiary/aromatic N) is 1. The number of ether oxygens (including phenoxy) is 1. The zero-order valence-electron chi connectivity index (χ0n) is 12.9. The van der Waals surface area contributed by atoms with Crippen LogP contribution in [0, 0.1) is 10.1 Å². The van der Waals surface area contributed by atoms with Crippen molar-refractivity contribution in [3.8, 4) is 0 Å². The summed E-state index contributed by atoms with van der Waals surface area (Å²) >= 11 is 0. The number of nitro benzene ring substituents is 1. The topological polar surface area (TPSA) is 114 Å². The number of benzene rings is 2. The summed E-state index contributed by atoms with van der Waals surface area (Å²) in [7, 11) is 0. The molecule has 3 aromatic rings. The first-order chi connectivity index (χ1) is 12.0. The number of carbonyl (C=O) groups is 2. The summed E-state index contributed by atoms with van der Waals surface area (Å²) in [6.45, 7) is -0.555. The molecule has 3 rings (SSSR count). The third-order valence-electron chi connectivity index (χ3n) is 3.46. The molecule has 8 nitrogen and oxygen atoms in total. The average Bonchev–Trinajstić information content (AvgIpc) is 3.04. The van der Waals surface area contributed by atoms with Crippen LogP contribution in [0.25, 0.3) is 10.9 Å². The molecule has 2 aromatic carbocycles. The Balaban J connectivity index is 1.62. The van der Waals surface area contributed by atoms with Crippen molar-refractivity contribution in [1.82, 2.24) is 4.98 Å². The maximum absolute atomic E-state index is 12.0. The van der Waals surface area contributed by atoms with Gasteiger partial charge in [0.05, 0.1) is 4.92 Å². The fourth-order valence-corrected chi connectivity index (χ4v) is 2.32. The third kappa shape index (κ3) is 3.63. The number of esters is 1. The average molecular weight is 339 g/mol. The van der Waals surface area contributed by atoms with Crippen LogP contribution in [-0.4, -0.2) is 28.4 Å². The summed E-state index contributed by atoms with van der Waals surface area (Å²) in [6.07, 6.45) is 0. The first kappa shape index (κ1) is 16.2. The van der Waals surface area contributed by atoms with E-state index in [4.69, 9.17) is 4.74 Å². The number of hydrogen-bond acceptors (Lipinski definition) is 5. The van der Waals surface area contributed by atoms with Gasteiger partial charge in [0.25, 0.3) is 11.6 Å². The van der Waals surface area contributed by atoms with Crippen molar-refractivity contribution >= 4 is 34.2 Å². The molecule has 0 aliphatic rings. The van der Waals surface area contributed by atoms with Gasteiger partial charge in [-0.15, -0.1) is 0 Å². The molecular formula is C17H13N3O5. The fraction of sp³-hybridized carbons (Fsp3) is 0.0588. The van der Waals surface area contributed by atoms with Gasteiger partial charge in [-0.3, -0.25) is 14.9 Å². The molecule has 126 valence electrons. The number of para-hydroxylation sites is 3. The number of H-pyrrole nitrogens is 1. The number of hydrogen-bond donors (Lipinski definition) is 2. The van der Waals surface area contributed by atoms with E-state index in [0.29, 0.717) is 0 Å². The number of nitro groups is 1. The van der Waals surface area contributed by atoms with Crippen molar-refractivity contribution in [3.63, 3.8) is 0 Å². The highest BCUT2D eigenvalue weighted by Gasteiger charge is 2.17. The number of carbonyl (C=O) groups excluding carboxylic acids is 2. The molecule has 0 radical (unpaired) electrons. The normalized spacial score (nSPS) is 10.4. The van der Waals surface area contributed by atoms with Crippen LogP contribution in [0.5, 0.6) is 0 Å². The van der Waals surface area contributed by atoms with Gasteiger partial charge in [-0.25, -0.2) is 4.79 Å². The molecule has 0 bridgehead atoms. The zero-order chi connectivity index (χ0) is 17.8. The zero-order valence-corrected chi connectivity index (χ0v) is 12.9. The second-order valence-corrected chi connectivity index (χ2v) is 5.17. The van der Waals surface area contributed by atoms with E-state index in [-0.39, 0.29) is 17.1 Å². The molecule has 0 aliphatic carbocycles. The van der Waals surface area contributed by atoms with Crippen LogP contribution in [0.3, 0.4) is 0 Å². The Bertz CT molecular complexity index is 931. The Kier molecular flexibility index (Phi) is 4.42. The second-order valence-electron chi connectivity index (χ2n) is 5.17. The predicted octanol–water partition coefficient (Wildman–Crippen LogP) is 2.87. The van der Waals surface area contributed by atoms with Crippen LogP contribution in [-0.2, 0) is 9.53 Å². The Labute approximate surface area is 141 Å². The maximum Gasteiger partial charge on any atom is 0.355 e. The molecule has 25 heavy (non-hydrogen) atoms. The van der Waals surface area contributed by atoms with Crippen LogP contribution in [0.4, 0.5) is 11.4 Å². The summed E-state index contributed by atoms with van der Waals surface area (Å²) in [4.78, 5) is 37.1. The van der Waals surface area contributed by atoms with E-state index in [0.717, 1.165) is 10.9 Å². The SMILES string of the molecule is O=C(COC(=O)c1cc2ccccc2[nH]1)Nc1ccccc1[N+](=O)[O-]. The van der Waals surface area contributed by atoms with Crippen molar-refractivity contribution in [2.75, 3.05) is 11.9 Å². The van der Waals surface area contributed by atoms with Crippen LogP contribution in [0.2, 0.25) is 0 Å². The summed E-state index contributed by atoms with van der Waals surface area (Å²) < 4.78 is 4.94. The van der Waals surface area contributed by atoms with Crippen LogP contribution in [0.1, 0.15) is 10.5 Å². The van der Waals surface area contributed by atoms with Gasteiger partial charge >= 0.3 is 5.97 Å². The minimum atomic E-state index is -0.686. The predicted molar refractivity (Wildman–Crippen MR) is 90.3 cm³/mol. The number of fused-ring (bicyclic) bond motifs is 1. The summed E-state index contributed by atoms with van der Waals surface area (Å²) in [5.41, 5.74) is 0.801. The molecule has 1 amide bonds. The van der Waals surface area contributed by atoms with Gasteiger partial charge in [-0.05, 0) is 18.2 Å². The van der Waals surface area contributed by atoms with Crippen molar-refractivity contribution in [2.45, 2.75) is 0 Å². The minimum absolute atomic E-state index is 0.0409. The van der Waals surface area contributed by atoms with E-state index in [9.17, 15) is 19.7 Å². The van der Waals surface area contributed by atoms with Crippen molar-refractivity contribution in [1.29, 1.82) is 0 Å². The van der Waals surface area contributed by atoms with Gasteiger partial charge in [0.2, 0.25) is 0 Å². The van der Waals surface area contributed by atoms with Crippen LogP contribution in [0.15, 0.2) is 54.6 Å². The lowest BCUT2D eigenvalue weighted by Crippen LogP contribution is -2.21. The van der Waals surface area contributed by atoms with Crippen molar-refractivity contribution in [3.05, 3.63) is 70.4 Å². The molecule has 0 spiro atoms. The smallest absolute Gasteiger partial charge is 0.355 e. The number of aromatic amines is 1. The summed E-state index contributed by atoms with van der Waals surface area (Å²) in [6, 6.07) is 14.7. The molecule has 0 saturated heterocycles. The van der Waals surface area contributed by atoms with E-state index in [1.807, 2.05) is 24.3 Å². The molecule has 0 saturated carbocycles. The van der Waals surface area contributed by atoms with Gasteiger partial charge in [-0.2, -0.15) is 0 Å². The Morgan fingerprint density at radius 2 is 1.84 bits per heavy atom. The highest BCUT2D eigenvalue weighted by Crippen LogP contribution is 2.23. The quantitative estimate of drug-likeness (QED) is 0.421. The van der Waals surface area contributed by atoms with Crippen LogP contribution >= 0.6 is 0 Å². The second kappa shape index (κ2) is 6.83. The van der Waals surface area contributed by atoms with Gasteiger partial charge in [0, 0.05) is 17.0 Å². The standard InChI is InChI=1S/C17H13N3O5/c21-16(19-13-7-3-4-8-15(13)20(23)24)10-25-17(22)14-9-11-5-1-2-6-12(11)18-14/h1-9,18H,10H2,(H,19,21). The molecular weight excluding hydrogens is 326 g/mol. The Hall–Kier alpha value is -3.68. The lowest BCUT2D eigenvalue weighted by atomic mass is 10.2. The molecule has 8 heteroatoms. The number of amides is 1. The number of nitrogens with one attached hydrogen (secondary N) is 2. The largest absolute Gasteiger partial charge is 0.451 e. The first-order valence-electron chi connectivity index (χ1n) is 7.33. The highest BCUT2D eigenvalue weighted by molar-refractivity contribution is 5.98. The monoisotopic (exact) mass is 339 g/mol. The third-order valence-corrected chi connectivity index (χ3v) is 3.46. The van der Waals surface area contributed by atoms with Gasteiger partial charge in [0.15, 0.2) is 6.61 Å². The maximum atomic E-state index is 12.0. The lowest BCUT2D eigenvalue weighted by Gasteiger charge is -2.06. The Morgan fingerprint density at radius 3 is 2.60 bits per heavy atom.